The van der Waals surface area contributed by atoms with E-state index in [1.807, 2.05) is 30.3 Å². The van der Waals surface area contributed by atoms with Gasteiger partial charge in [-0.05, 0) is 44.1 Å². The summed E-state index contributed by atoms with van der Waals surface area (Å²) in [6.07, 6.45) is 2.93. The number of urea groups is 1. The molecule has 2 amide bonds. The molecule has 1 unspecified atom stereocenters. The number of hydrogen-bond acceptors (Lipinski definition) is 4. The van der Waals surface area contributed by atoms with Crippen LogP contribution < -0.4 is 5.32 Å². The lowest BCUT2D eigenvalue weighted by molar-refractivity contribution is -0.144. The maximum atomic E-state index is 12.7. The Labute approximate surface area is 166 Å². The summed E-state index contributed by atoms with van der Waals surface area (Å²) >= 11 is 0. The number of nitrogens with one attached hydrogen (secondary N) is 1. The number of carboxylic acids is 1. The fourth-order valence-electron chi connectivity index (χ4n) is 3.48. The largest absolute Gasteiger partial charge is 0.481 e. The zero-order valence-corrected chi connectivity index (χ0v) is 16.4. The number of likely N-dealkylation sites (tertiary alicyclic amines) is 1. The van der Waals surface area contributed by atoms with Crippen molar-refractivity contribution in [2.45, 2.75) is 51.5 Å². The van der Waals surface area contributed by atoms with Crippen molar-refractivity contribution in [3.05, 3.63) is 35.9 Å². The molecule has 1 heterocycles. The van der Waals surface area contributed by atoms with Crippen LogP contribution in [0.1, 0.15) is 44.6 Å². The van der Waals surface area contributed by atoms with Crippen molar-refractivity contribution in [2.24, 2.45) is 5.92 Å². The molecule has 7 nitrogen and oxygen atoms in total. The maximum Gasteiger partial charge on any atom is 0.317 e. The van der Waals surface area contributed by atoms with Crippen LogP contribution in [0.4, 0.5) is 4.79 Å². The van der Waals surface area contributed by atoms with Crippen molar-refractivity contribution in [3.8, 4) is 0 Å². The zero-order chi connectivity index (χ0) is 20.4. The van der Waals surface area contributed by atoms with E-state index in [2.05, 4.69) is 5.32 Å². The first-order valence-electron chi connectivity index (χ1n) is 9.94. The number of piperidine rings is 1. The van der Waals surface area contributed by atoms with E-state index in [0.717, 1.165) is 18.4 Å². The minimum absolute atomic E-state index is 0.0133. The Balaban J connectivity index is 1.85. The SMILES string of the molecule is CCOC(=O)CC1CCN(C(=O)NC(CCC(=O)O)Cc2ccccc2)CC1. The molecule has 2 rings (SSSR count). The van der Waals surface area contributed by atoms with Crippen molar-refractivity contribution in [1.29, 1.82) is 0 Å². The molecule has 28 heavy (non-hydrogen) atoms. The molecular weight excluding hydrogens is 360 g/mol. The summed E-state index contributed by atoms with van der Waals surface area (Å²) in [5.41, 5.74) is 1.06. The average Bonchev–Trinajstić information content (AvgIpc) is 2.67. The highest BCUT2D eigenvalue weighted by Gasteiger charge is 2.26. The Morgan fingerprint density at radius 3 is 2.50 bits per heavy atom. The summed E-state index contributed by atoms with van der Waals surface area (Å²) in [7, 11) is 0. The Morgan fingerprint density at radius 2 is 1.89 bits per heavy atom. The molecule has 1 aliphatic heterocycles. The van der Waals surface area contributed by atoms with Gasteiger partial charge in [-0.2, -0.15) is 0 Å². The minimum atomic E-state index is -0.868. The summed E-state index contributed by atoms with van der Waals surface area (Å²) in [5.74, 6) is -0.802. The molecule has 0 aliphatic carbocycles. The third-order valence-electron chi connectivity index (χ3n) is 5.02. The van der Waals surface area contributed by atoms with Crippen LogP contribution in [-0.4, -0.2) is 53.7 Å². The first-order chi connectivity index (χ1) is 13.5. The lowest BCUT2D eigenvalue weighted by atomic mass is 9.94. The summed E-state index contributed by atoms with van der Waals surface area (Å²) in [4.78, 5) is 37.0. The van der Waals surface area contributed by atoms with Crippen molar-refractivity contribution in [3.63, 3.8) is 0 Å². The van der Waals surface area contributed by atoms with Gasteiger partial charge in [0.2, 0.25) is 0 Å². The van der Waals surface area contributed by atoms with E-state index in [0.29, 0.717) is 39.0 Å². The van der Waals surface area contributed by atoms with Gasteiger partial charge in [0.1, 0.15) is 0 Å². The van der Waals surface area contributed by atoms with Crippen molar-refractivity contribution < 1.29 is 24.2 Å². The quantitative estimate of drug-likeness (QED) is 0.632. The number of carbonyl (C=O) groups is 3. The van der Waals surface area contributed by atoms with Crippen LogP contribution in [0.15, 0.2) is 30.3 Å². The van der Waals surface area contributed by atoms with Crippen molar-refractivity contribution in [2.75, 3.05) is 19.7 Å². The standard InChI is InChI=1S/C21H30N2O5/c1-2-28-20(26)15-17-10-12-23(13-11-17)21(27)22-18(8-9-19(24)25)14-16-6-4-3-5-7-16/h3-7,17-18H,2,8-15H2,1H3,(H,22,27)(H,24,25). The minimum Gasteiger partial charge on any atom is -0.481 e. The third-order valence-corrected chi connectivity index (χ3v) is 5.02. The number of esters is 1. The number of nitrogens with zero attached hydrogens (tertiary/aromatic N) is 1. The molecule has 154 valence electrons. The van der Waals surface area contributed by atoms with Crippen LogP contribution in [0.5, 0.6) is 0 Å². The van der Waals surface area contributed by atoms with Gasteiger partial charge in [0.05, 0.1) is 6.61 Å². The fraction of sp³-hybridized carbons (Fsp3) is 0.571. The Morgan fingerprint density at radius 1 is 1.21 bits per heavy atom. The van der Waals surface area contributed by atoms with Crippen molar-refractivity contribution >= 4 is 18.0 Å². The van der Waals surface area contributed by atoms with Gasteiger partial charge >= 0.3 is 18.0 Å². The first-order valence-corrected chi connectivity index (χ1v) is 9.94. The van der Waals surface area contributed by atoms with Crippen LogP contribution in [0.2, 0.25) is 0 Å². The number of aliphatic carboxylic acids is 1. The second kappa shape index (κ2) is 11.3. The molecule has 1 fully saturated rings. The number of ether oxygens (including phenoxy) is 1. The third kappa shape index (κ3) is 7.58. The Hall–Kier alpha value is -2.57. The molecule has 2 N–H and O–H groups in total. The smallest absolute Gasteiger partial charge is 0.317 e. The summed E-state index contributed by atoms with van der Waals surface area (Å²) in [6, 6.07) is 9.33. The van der Waals surface area contributed by atoms with Crippen LogP contribution in [0, 0.1) is 5.92 Å². The predicted molar refractivity (Wildman–Crippen MR) is 105 cm³/mol. The first kappa shape index (κ1) is 21.7. The maximum absolute atomic E-state index is 12.7. The lowest BCUT2D eigenvalue weighted by Crippen LogP contribution is -2.48. The lowest BCUT2D eigenvalue weighted by Gasteiger charge is -2.33. The van der Waals surface area contributed by atoms with E-state index < -0.39 is 5.97 Å². The summed E-state index contributed by atoms with van der Waals surface area (Å²) in [6.45, 7) is 3.36. The molecule has 1 aliphatic rings. The number of amides is 2. The van der Waals surface area contributed by atoms with E-state index in [-0.39, 0.29) is 30.4 Å². The molecular formula is C21H30N2O5. The van der Waals surface area contributed by atoms with Gasteiger partial charge in [0.25, 0.3) is 0 Å². The second-order valence-corrected chi connectivity index (χ2v) is 7.21. The Kier molecular flexibility index (Phi) is 8.78. The van der Waals surface area contributed by atoms with Gasteiger partial charge in [-0.25, -0.2) is 4.79 Å². The molecule has 1 saturated heterocycles. The van der Waals surface area contributed by atoms with Gasteiger partial charge in [-0.15, -0.1) is 0 Å². The molecule has 0 aromatic heterocycles. The predicted octanol–water partition coefficient (Wildman–Crippen LogP) is 2.84. The topological polar surface area (TPSA) is 95.9 Å². The average molecular weight is 390 g/mol. The number of benzene rings is 1. The Bertz CT molecular complexity index is 641. The van der Waals surface area contributed by atoms with E-state index in [1.165, 1.54) is 0 Å². The zero-order valence-electron chi connectivity index (χ0n) is 16.4. The van der Waals surface area contributed by atoms with Crippen LogP contribution in [0.3, 0.4) is 0 Å². The molecule has 7 heteroatoms. The fourth-order valence-corrected chi connectivity index (χ4v) is 3.48. The molecule has 0 bridgehead atoms. The molecule has 1 atom stereocenters. The number of rotatable bonds is 9. The molecule has 1 aromatic rings. The molecule has 1 aromatic carbocycles. The second-order valence-electron chi connectivity index (χ2n) is 7.21. The van der Waals surface area contributed by atoms with Gasteiger partial charge in [-0.1, -0.05) is 30.3 Å². The van der Waals surface area contributed by atoms with Gasteiger partial charge < -0.3 is 20.1 Å². The van der Waals surface area contributed by atoms with E-state index in [9.17, 15) is 14.4 Å². The molecule has 0 radical (unpaired) electrons. The van der Waals surface area contributed by atoms with Gasteiger partial charge in [-0.3, -0.25) is 9.59 Å². The van der Waals surface area contributed by atoms with Crippen LogP contribution in [-0.2, 0) is 20.7 Å². The summed E-state index contributed by atoms with van der Waals surface area (Å²) in [5, 5.41) is 12.0. The summed E-state index contributed by atoms with van der Waals surface area (Å²) < 4.78 is 4.99. The van der Waals surface area contributed by atoms with E-state index in [1.54, 1.807) is 11.8 Å². The highest BCUT2D eigenvalue weighted by Crippen LogP contribution is 2.21. The van der Waals surface area contributed by atoms with Crippen molar-refractivity contribution in [1.82, 2.24) is 10.2 Å². The van der Waals surface area contributed by atoms with Crippen LogP contribution in [0.25, 0.3) is 0 Å². The number of carboxylic acid groups (broad SMARTS) is 1. The number of hydrogen-bond donors (Lipinski definition) is 2. The molecule has 0 spiro atoms. The highest BCUT2D eigenvalue weighted by atomic mass is 16.5. The highest BCUT2D eigenvalue weighted by molar-refractivity contribution is 5.75. The normalized spacial score (nSPS) is 15.7. The van der Waals surface area contributed by atoms with Gasteiger partial charge in [0.15, 0.2) is 0 Å². The monoisotopic (exact) mass is 390 g/mol. The van der Waals surface area contributed by atoms with Gasteiger partial charge in [0, 0.05) is 32.0 Å². The van der Waals surface area contributed by atoms with E-state index >= 15 is 0 Å². The van der Waals surface area contributed by atoms with Crippen LogP contribution >= 0.6 is 0 Å². The van der Waals surface area contributed by atoms with E-state index in [4.69, 9.17) is 9.84 Å². The number of carbonyl (C=O) groups excluding carboxylic acids is 2. The molecule has 0 saturated carbocycles.